The fraction of sp³-hybridized carbons (Fsp3) is 0.647. The van der Waals surface area contributed by atoms with Crippen molar-refractivity contribution in [2.24, 2.45) is 0 Å². The SMILES string of the molecule is Cc1ccc(NCCCNC(=O)C2CCCCCN2C)nc1. The monoisotopic (exact) mass is 304 g/mol. The van der Waals surface area contributed by atoms with Gasteiger partial charge in [0.05, 0.1) is 6.04 Å². The molecular formula is C17H28N4O. The van der Waals surface area contributed by atoms with Gasteiger partial charge >= 0.3 is 0 Å². The molecule has 1 saturated heterocycles. The van der Waals surface area contributed by atoms with Gasteiger partial charge in [-0.25, -0.2) is 4.98 Å². The van der Waals surface area contributed by atoms with Gasteiger partial charge in [-0.3, -0.25) is 9.69 Å². The first kappa shape index (κ1) is 16.7. The fourth-order valence-electron chi connectivity index (χ4n) is 2.79. The van der Waals surface area contributed by atoms with E-state index in [-0.39, 0.29) is 11.9 Å². The molecule has 1 aromatic rings. The Bertz CT molecular complexity index is 460. The number of aryl methyl sites for hydroxylation is 1. The molecule has 1 fully saturated rings. The standard InChI is InChI=1S/C17H28N4O/c1-14-8-9-16(20-13-14)18-10-6-11-19-17(22)15-7-4-3-5-12-21(15)2/h8-9,13,15H,3-7,10-12H2,1-2H3,(H,18,20)(H,19,22). The predicted octanol–water partition coefficient (Wildman–Crippen LogP) is 2.18. The largest absolute Gasteiger partial charge is 0.370 e. The molecule has 2 N–H and O–H groups in total. The van der Waals surface area contributed by atoms with Crippen LogP contribution in [0.1, 0.15) is 37.7 Å². The zero-order chi connectivity index (χ0) is 15.8. The van der Waals surface area contributed by atoms with Gasteiger partial charge in [0, 0.05) is 19.3 Å². The molecule has 0 saturated carbocycles. The summed E-state index contributed by atoms with van der Waals surface area (Å²) in [6, 6.07) is 4.07. The highest BCUT2D eigenvalue weighted by atomic mass is 16.2. The number of pyridine rings is 1. The van der Waals surface area contributed by atoms with Crippen LogP contribution in [0.15, 0.2) is 18.3 Å². The van der Waals surface area contributed by atoms with E-state index in [0.717, 1.165) is 43.7 Å². The van der Waals surface area contributed by atoms with Crippen LogP contribution in [0.25, 0.3) is 0 Å². The topological polar surface area (TPSA) is 57.3 Å². The zero-order valence-corrected chi connectivity index (χ0v) is 13.8. The minimum atomic E-state index is 0.0502. The van der Waals surface area contributed by atoms with Crippen molar-refractivity contribution in [2.75, 3.05) is 32.0 Å². The average molecular weight is 304 g/mol. The van der Waals surface area contributed by atoms with Crippen LogP contribution in [-0.2, 0) is 4.79 Å². The molecule has 122 valence electrons. The van der Waals surface area contributed by atoms with Crippen molar-refractivity contribution in [3.05, 3.63) is 23.9 Å². The highest BCUT2D eigenvalue weighted by molar-refractivity contribution is 5.81. The van der Waals surface area contributed by atoms with E-state index in [1.54, 1.807) is 0 Å². The second-order valence-electron chi connectivity index (χ2n) is 6.14. The Morgan fingerprint density at radius 1 is 1.32 bits per heavy atom. The van der Waals surface area contributed by atoms with Gasteiger partial charge in [0.2, 0.25) is 5.91 Å². The number of hydrogen-bond donors (Lipinski definition) is 2. The molecule has 1 aromatic heterocycles. The number of nitrogens with one attached hydrogen (secondary N) is 2. The second-order valence-corrected chi connectivity index (χ2v) is 6.14. The van der Waals surface area contributed by atoms with Crippen molar-refractivity contribution >= 4 is 11.7 Å². The second kappa shape index (κ2) is 8.73. The Morgan fingerprint density at radius 3 is 2.95 bits per heavy atom. The maximum atomic E-state index is 12.2. The van der Waals surface area contributed by atoms with Crippen LogP contribution >= 0.6 is 0 Å². The first-order valence-corrected chi connectivity index (χ1v) is 8.31. The predicted molar refractivity (Wildman–Crippen MR) is 90.0 cm³/mol. The molecular weight excluding hydrogens is 276 g/mol. The molecule has 0 bridgehead atoms. The summed E-state index contributed by atoms with van der Waals surface area (Å²) in [4.78, 5) is 18.7. The summed E-state index contributed by atoms with van der Waals surface area (Å²) in [5.74, 6) is 1.07. The van der Waals surface area contributed by atoms with Gasteiger partial charge < -0.3 is 10.6 Å². The third kappa shape index (κ3) is 5.30. The summed E-state index contributed by atoms with van der Waals surface area (Å²) < 4.78 is 0. The molecule has 1 aliphatic rings. The summed E-state index contributed by atoms with van der Waals surface area (Å²) in [5, 5.41) is 6.34. The number of anilines is 1. The Morgan fingerprint density at radius 2 is 2.18 bits per heavy atom. The maximum Gasteiger partial charge on any atom is 0.237 e. The van der Waals surface area contributed by atoms with Crippen molar-refractivity contribution in [2.45, 2.75) is 45.1 Å². The number of amides is 1. The summed E-state index contributed by atoms with van der Waals surface area (Å²) in [5.41, 5.74) is 1.16. The van der Waals surface area contributed by atoms with Crippen LogP contribution in [0.5, 0.6) is 0 Å². The molecule has 0 spiro atoms. The van der Waals surface area contributed by atoms with E-state index in [9.17, 15) is 4.79 Å². The van der Waals surface area contributed by atoms with Gasteiger partial charge in [0.15, 0.2) is 0 Å². The molecule has 1 aliphatic heterocycles. The normalized spacial score (nSPS) is 19.5. The summed E-state index contributed by atoms with van der Waals surface area (Å²) in [6.45, 7) is 4.58. The van der Waals surface area contributed by atoms with E-state index in [1.165, 1.54) is 12.8 Å². The lowest BCUT2D eigenvalue weighted by Crippen LogP contribution is -2.45. The summed E-state index contributed by atoms with van der Waals surface area (Å²) >= 11 is 0. The number of likely N-dealkylation sites (N-methyl/N-ethyl adjacent to an activating group) is 1. The Kier molecular flexibility index (Phi) is 6.65. The minimum absolute atomic E-state index is 0.0502. The number of carbonyl (C=O) groups is 1. The van der Waals surface area contributed by atoms with Crippen LogP contribution in [-0.4, -0.2) is 48.5 Å². The van der Waals surface area contributed by atoms with Crippen molar-refractivity contribution in [3.63, 3.8) is 0 Å². The quantitative estimate of drug-likeness (QED) is 0.791. The van der Waals surface area contributed by atoms with E-state index in [4.69, 9.17) is 0 Å². The summed E-state index contributed by atoms with van der Waals surface area (Å²) in [7, 11) is 2.06. The van der Waals surface area contributed by atoms with Crippen molar-refractivity contribution in [3.8, 4) is 0 Å². The highest BCUT2D eigenvalue weighted by Crippen LogP contribution is 2.15. The van der Waals surface area contributed by atoms with Crippen LogP contribution in [0, 0.1) is 6.92 Å². The molecule has 22 heavy (non-hydrogen) atoms. The first-order chi connectivity index (χ1) is 10.7. The number of nitrogens with zero attached hydrogens (tertiary/aromatic N) is 2. The number of aromatic nitrogens is 1. The smallest absolute Gasteiger partial charge is 0.237 e. The third-order valence-corrected chi connectivity index (χ3v) is 4.19. The van der Waals surface area contributed by atoms with E-state index in [1.807, 2.05) is 25.3 Å². The molecule has 1 atom stereocenters. The molecule has 1 amide bonds. The average Bonchev–Trinajstić information content (AvgIpc) is 2.73. The Hall–Kier alpha value is -1.62. The number of hydrogen-bond acceptors (Lipinski definition) is 4. The van der Waals surface area contributed by atoms with Gasteiger partial charge in [0.25, 0.3) is 0 Å². The fourth-order valence-corrected chi connectivity index (χ4v) is 2.79. The lowest BCUT2D eigenvalue weighted by molar-refractivity contribution is -0.126. The molecule has 5 nitrogen and oxygen atoms in total. The van der Waals surface area contributed by atoms with Crippen LogP contribution in [0.2, 0.25) is 0 Å². The third-order valence-electron chi connectivity index (χ3n) is 4.19. The van der Waals surface area contributed by atoms with Gasteiger partial charge in [-0.15, -0.1) is 0 Å². The van der Waals surface area contributed by atoms with Crippen LogP contribution in [0.3, 0.4) is 0 Å². The molecule has 0 aromatic carbocycles. The van der Waals surface area contributed by atoms with Crippen LogP contribution < -0.4 is 10.6 Å². The molecule has 0 aliphatic carbocycles. The zero-order valence-electron chi connectivity index (χ0n) is 13.8. The molecule has 0 radical (unpaired) electrons. The van der Waals surface area contributed by atoms with Gasteiger partial charge in [-0.1, -0.05) is 18.9 Å². The highest BCUT2D eigenvalue weighted by Gasteiger charge is 2.23. The first-order valence-electron chi connectivity index (χ1n) is 8.31. The molecule has 5 heteroatoms. The Balaban J connectivity index is 1.63. The Labute approximate surface area is 133 Å². The lowest BCUT2D eigenvalue weighted by Gasteiger charge is -2.24. The van der Waals surface area contributed by atoms with E-state index in [2.05, 4.69) is 27.6 Å². The minimum Gasteiger partial charge on any atom is -0.370 e. The number of rotatable bonds is 6. The van der Waals surface area contributed by atoms with Gasteiger partial charge in [0.1, 0.15) is 5.82 Å². The van der Waals surface area contributed by atoms with Crippen LogP contribution in [0.4, 0.5) is 5.82 Å². The number of carbonyl (C=O) groups excluding carboxylic acids is 1. The van der Waals surface area contributed by atoms with Crippen molar-refractivity contribution in [1.82, 2.24) is 15.2 Å². The van der Waals surface area contributed by atoms with E-state index >= 15 is 0 Å². The van der Waals surface area contributed by atoms with E-state index < -0.39 is 0 Å². The van der Waals surface area contributed by atoms with Gasteiger partial charge in [-0.2, -0.15) is 0 Å². The van der Waals surface area contributed by atoms with Gasteiger partial charge in [-0.05, 0) is 51.4 Å². The van der Waals surface area contributed by atoms with E-state index in [0.29, 0.717) is 6.54 Å². The molecule has 2 rings (SSSR count). The lowest BCUT2D eigenvalue weighted by atomic mass is 10.1. The summed E-state index contributed by atoms with van der Waals surface area (Å²) in [6.07, 6.45) is 7.33. The molecule has 2 heterocycles. The van der Waals surface area contributed by atoms with Crippen molar-refractivity contribution < 1.29 is 4.79 Å². The molecule has 1 unspecified atom stereocenters. The maximum absolute atomic E-state index is 12.2. The van der Waals surface area contributed by atoms with Crippen molar-refractivity contribution in [1.29, 1.82) is 0 Å². The number of likely N-dealkylation sites (tertiary alicyclic amines) is 1.